The van der Waals surface area contributed by atoms with Gasteiger partial charge in [-0.3, -0.25) is 38.8 Å². The van der Waals surface area contributed by atoms with E-state index >= 15 is 0 Å². The van der Waals surface area contributed by atoms with E-state index in [4.69, 9.17) is 33.7 Å². The number of anilines is 3. The molecule has 24 heteroatoms. The molecule has 1 aliphatic carbocycles. The zero-order valence-electron chi connectivity index (χ0n) is 55.0. The van der Waals surface area contributed by atoms with Crippen LogP contribution in [0, 0.1) is 5.92 Å². The van der Waals surface area contributed by atoms with E-state index in [1.54, 1.807) is 86.5 Å². The minimum atomic E-state index is -1.05. The third-order valence-corrected chi connectivity index (χ3v) is 20.6. The van der Waals surface area contributed by atoms with Gasteiger partial charge in [0, 0.05) is 96.6 Å². The number of thioether (sulfide) groups is 2. The number of methoxy groups -OCH3 is 3. The second kappa shape index (κ2) is 31.8. The Morgan fingerprint density at radius 1 is 0.646 bits per heavy atom. The molecular weight excluding hydrogens is 1260 g/mol. The van der Waals surface area contributed by atoms with Gasteiger partial charge >= 0.3 is 0 Å². The first-order valence-corrected chi connectivity index (χ1v) is 35.1. The molecule has 6 aliphatic rings. The fourth-order valence-corrected chi connectivity index (χ4v) is 15.4. The van der Waals surface area contributed by atoms with Crippen LogP contribution in [0.4, 0.5) is 28.7 Å². The van der Waals surface area contributed by atoms with E-state index in [1.807, 2.05) is 72.3 Å². The summed E-state index contributed by atoms with van der Waals surface area (Å²) in [6.07, 6.45) is 18.0. The molecule has 6 heterocycles. The Kier molecular flexibility index (Phi) is 22.7. The van der Waals surface area contributed by atoms with Gasteiger partial charge in [0.1, 0.15) is 35.7 Å². The van der Waals surface area contributed by atoms with Gasteiger partial charge in [-0.15, -0.1) is 0 Å². The molecule has 96 heavy (non-hydrogen) atoms. The predicted molar refractivity (Wildman–Crippen MR) is 376 cm³/mol. The number of aliphatic hydroxyl groups excluding tert-OH is 1. The Bertz CT molecular complexity index is 3820. The fraction of sp³-hybridized carbons (Fsp3) is 0.431. The lowest BCUT2D eigenvalue weighted by Gasteiger charge is -2.25. The number of aliphatic imine (C=N–C) groups is 2. The van der Waals surface area contributed by atoms with E-state index in [-0.39, 0.29) is 66.6 Å². The molecule has 22 nitrogen and oxygen atoms in total. The summed E-state index contributed by atoms with van der Waals surface area (Å²) < 4.78 is 29.1. The van der Waals surface area contributed by atoms with Crippen LogP contribution in [0.3, 0.4) is 0 Å². The van der Waals surface area contributed by atoms with Crippen LogP contribution in [-0.4, -0.2) is 155 Å². The van der Waals surface area contributed by atoms with Crippen LogP contribution in [0.25, 0.3) is 11.1 Å². The van der Waals surface area contributed by atoms with E-state index < -0.39 is 42.0 Å². The molecule has 5 unspecified atom stereocenters. The van der Waals surface area contributed by atoms with Crippen molar-refractivity contribution in [2.45, 2.75) is 145 Å². The van der Waals surface area contributed by atoms with E-state index in [9.17, 15) is 33.9 Å². The number of pyridine rings is 1. The molecule has 4 bridgehead atoms. The van der Waals surface area contributed by atoms with Crippen LogP contribution < -0.4 is 50.3 Å². The smallest absolute Gasteiger partial charge is 0.260 e. The van der Waals surface area contributed by atoms with Crippen LogP contribution in [-0.2, 0) is 14.4 Å². The van der Waals surface area contributed by atoms with Crippen LogP contribution >= 0.6 is 23.5 Å². The number of nitrogens with one attached hydrogen (secondary N) is 5. The van der Waals surface area contributed by atoms with Gasteiger partial charge in [-0.25, -0.2) is 4.98 Å². The molecule has 1 fully saturated rings. The van der Waals surface area contributed by atoms with Crippen LogP contribution in [0.15, 0.2) is 107 Å². The number of ether oxygens (including phenoxy) is 5. The highest BCUT2D eigenvalue weighted by Crippen LogP contribution is 2.43. The van der Waals surface area contributed by atoms with Crippen molar-refractivity contribution in [2.75, 3.05) is 62.0 Å². The van der Waals surface area contributed by atoms with Gasteiger partial charge in [-0.05, 0) is 109 Å². The van der Waals surface area contributed by atoms with Crippen molar-refractivity contribution in [1.82, 2.24) is 25.4 Å². The monoisotopic (exact) mass is 1340 g/mol. The summed E-state index contributed by atoms with van der Waals surface area (Å²) >= 11 is 3.75. The summed E-state index contributed by atoms with van der Waals surface area (Å²) in [5.74, 6) is 1.34. The minimum Gasteiger partial charge on any atom is -0.497 e. The number of fused-ring (bicyclic) bond motifs is 8. The summed E-state index contributed by atoms with van der Waals surface area (Å²) in [5.41, 5.74) is 5.99. The van der Waals surface area contributed by atoms with Crippen LogP contribution in [0.5, 0.6) is 28.7 Å². The zero-order chi connectivity index (χ0) is 67.4. The van der Waals surface area contributed by atoms with E-state index in [0.29, 0.717) is 93.1 Å². The summed E-state index contributed by atoms with van der Waals surface area (Å²) in [6, 6.07) is 21.9. The fourth-order valence-electron chi connectivity index (χ4n) is 12.5. The molecule has 6 amide bonds. The molecule has 5 aromatic rings. The largest absolute Gasteiger partial charge is 0.497 e. The Morgan fingerprint density at radius 2 is 1.20 bits per heavy atom. The number of amides is 6. The Morgan fingerprint density at radius 3 is 1.76 bits per heavy atom. The molecule has 7 atom stereocenters. The second-order valence-corrected chi connectivity index (χ2v) is 27.9. The SMILES string of the molecule is COc1ccc(C2=CN3C(=O)c4cc(OC)c(OCCCOc5cc6c(cc5OC)C(=O)N5C=C(c7ccc(NC(=O)[C@H](C)NC(=O)C(NC(=O)c8cc9nc(c8)NC(O)CCSC8CCCCCCCC(C8)SCCC(=O)N9)C(C)C)cc7)CC5C=N6)cc4N=C[C@@H]3C2)cc1. The van der Waals surface area contributed by atoms with E-state index in [2.05, 4.69) is 31.6 Å². The molecular formula is C72H84N10O12S2. The van der Waals surface area contributed by atoms with Crippen molar-refractivity contribution in [3.05, 3.63) is 125 Å². The Balaban J connectivity index is 0.657. The van der Waals surface area contributed by atoms with Gasteiger partial charge in [0.2, 0.25) is 17.7 Å². The third kappa shape index (κ3) is 16.8. The van der Waals surface area contributed by atoms with E-state index in [1.165, 1.54) is 58.5 Å². The first kappa shape index (κ1) is 68.5. The van der Waals surface area contributed by atoms with Crippen molar-refractivity contribution >= 4 is 111 Å². The molecule has 1 saturated carbocycles. The number of carbonyl (C=O) groups is 6. The number of rotatable bonds is 18. The molecule has 0 radical (unpaired) electrons. The number of hydrogen-bond acceptors (Lipinski definition) is 18. The standard InChI is InChI=1S/C72H84N10O12S2/c1-42(2)67(80-69(86)46-31-63-77-64(32-46)79-66(84)24-28-96-54-14-11-9-7-8-10-13-53(33-54)95-27-23-65(83)78-63)70(87)75-43(3)68(85)76-49-19-15-44(16-20-49)47-29-50-38-73-57-36-61(59(91-5)34-55(57)71(88)81(50)40-47)93-25-12-26-94-62-37-58-56(35-60(62)92-6)72(89)82-41-48(30-51(82)39-74-58)45-17-21-52(90-4)22-18-45/h15-22,31-32,34-43,50-51,53-54,65,67,83H,7-14,23-30,33H2,1-6H3,(H,75,87)(H,76,85)(H,80,86)(H2,77,78,79,84)/t43-,50?,51-,53?,54?,65?,67?/m0/s1. The van der Waals surface area contributed by atoms with Crippen LogP contribution in [0.1, 0.15) is 146 Å². The Hall–Kier alpha value is -8.87. The number of benzene rings is 4. The van der Waals surface area contributed by atoms with Crippen LogP contribution in [0.2, 0.25) is 0 Å². The number of carbonyl (C=O) groups excluding carboxylic acids is 6. The van der Waals surface area contributed by atoms with Gasteiger partial charge in [0.25, 0.3) is 17.7 Å². The number of nitrogens with zero attached hydrogens (tertiary/aromatic N) is 5. The maximum atomic E-state index is 14.3. The van der Waals surface area contributed by atoms with Gasteiger partial charge in [0.15, 0.2) is 23.0 Å². The lowest BCUT2D eigenvalue weighted by Crippen LogP contribution is -2.53. The van der Waals surface area contributed by atoms with Gasteiger partial charge in [0.05, 0.1) is 69.1 Å². The maximum absolute atomic E-state index is 14.3. The molecule has 5 aliphatic heterocycles. The molecule has 0 spiro atoms. The van der Waals surface area contributed by atoms with Crippen molar-refractivity contribution in [1.29, 1.82) is 0 Å². The zero-order valence-corrected chi connectivity index (χ0v) is 56.7. The third-order valence-electron chi connectivity index (χ3n) is 17.9. The summed E-state index contributed by atoms with van der Waals surface area (Å²) in [6.45, 7) is 5.60. The molecule has 506 valence electrons. The molecule has 11 rings (SSSR count). The average molecular weight is 1350 g/mol. The Labute approximate surface area is 568 Å². The van der Waals surface area contributed by atoms with Gasteiger partial charge in [-0.2, -0.15) is 23.5 Å². The molecule has 1 aromatic heterocycles. The van der Waals surface area contributed by atoms with Crippen molar-refractivity contribution in [3.8, 4) is 28.7 Å². The van der Waals surface area contributed by atoms with Crippen molar-refractivity contribution in [2.24, 2.45) is 15.9 Å². The van der Waals surface area contributed by atoms with Gasteiger partial charge < -0.3 is 65.2 Å². The first-order valence-electron chi connectivity index (χ1n) is 33.0. The van der Waals surface area contributed by atoms with Crippen molar-refractivity contribution < 1.29 is 57.6 Å². The topological polar surface area (TPSA) is 273 Å². The molecule has 0 saturated heterocycles. The van der Waals surface area contributed by atoms with E-state index in [0.717, 1.165) is 53.0 Å². The molecule has 6 N–H and O–H groups in total. The lowest BCUT2D eigenvalue weighted by atomic mass is 10.0. The first-order chi connectivity index (χ1) is 46.5. The number of aliphatic hydroxyl groups is 1. The predicted octanol–water partition coefficient (Wildman–Crippen LogP) is 11.6. The highest BCUT2D eigenvalue weighted by atomic mass is 32.2. The van der Waals surface area contributed by atoms with Gasteiger partial charge in [-0.1, -0.05) is 70.2 Å². The highest BCUT2D eigenvalue weighted by Gasteiger charge is 2.36. The molecule has 4 aromatic carbocycles. The maximum Gasteiger partial charge on any atom is 0.260 e. The summed E-state index contributed by atoms with van der Waals surface area (Å²) in [7, 11) is 4.66. The normalized spacial score (nSPS) is 21.0. The highest BCUT2D eigenvalue weighted by molar-refractivity contribution is 8.00. The van der Waals surface area contributed by atoms with Crippen molar-refractivity contribution in [3.63, 3.8) is 0 Å². The minimum absolute atomic E-state index is 0.114. The summed E-state index contributed by atoms with van der Waals surface area (Å²) in [4.78, 5) is 100. The quantitative estimate of drug-likeness (QED) is 0.0445. The number of hydrogen-bond donors (Lipinski definition) is 6. The summed E-state index contributed by atoms with van der Waals surface area (Å²) in [5, 5.41) is 26.4. The lowest BCUT2D eigenvalue weighted by molar-refractivity contribution is -0.128. The number of aromatic nitrogens is 1. The average Bonchev–Trinajstić information content (AvgIpc) is 1.62. The second-order valence-electron chi connectivity index (χ2n) is 25.1.